The second-order valence-corrected chi connectivity index (χ2v) is 8.34. The van der Waals surface area contributed by atoms with Gasteiger partial charge in [0.1, 0.15) is 11.2 Å². The highest BCUT2D eigenvalue weighted by atomic mass is 16.3. The maximum absolute atomic E-state index is 13.4. The minimum absolute atomic E-state index is 0.00699. The average Bonchev–Trinajstić information content (AvgIpc) is 3.20. The number of fused-ring (bicyclic) bond motifs is 1. The van der Waals surface area contributed by atoms with Crippen LogP contribution in [0.3, 0.4) is 0 Å². The molecule has 1 aliphatic heterocycles. The molecule has 0 N–H and O–H groups in total. The van der Waals surface area contributed by atoms with Crippen LogP contribution in [-0.2, 0) is 6.54 Å². The lowest BCUT2D eigenvalue weighted by molar-refractivity contribution is 0.192. The van der Waals surface area contributed by atoms with Gasteiger partial charge in [-0.25, -0.2) is 9.97 Å². The molecular weight excluding hydrogens is 416 g/mol. The Balaban J connectivity index is 1.48. The number of hydrogen-bond acceptors (Lipinski definition) is 7. The van der Waals surface area contributed by atoms with E-state index in [-0.39, 0.29) is 11.6 Å². The van der Waals surface area contributed by atoms with Crippen molar-refractivity contribution < 1.29 is 4.42 Å². The number of rotatable bonds is 6. The molecule has 0 bridgehead atoms. The predicted molar refractivity (Wildman–Crippen MR) is 127 cm³/mol. The number of furan rings is 1. The lowest BCUT2D eigenvalue weighted by Crippen LogP contribution is -2.37. The molecule has 1 atom stereocenters. The number of benzene rings is 1. The maximum Gasteiger partial charge on any atom is 0.265 e. The molecule has 170 valence electrons. The largest absolute Gasteiger partial charge is 0.446 e. The molecule has 1 saturated heterocycles. The van der Waals surface area contributed by atoms with Crippen LogP contribution in [0.25, 0.3) is 11.1 Å². The van der Waals surface area contributed by atoms with Gasteiger partial charge in [-0.1, -0.05) is 37.3 Å². The molecule has 1 aliphatic rings. The molecule has 8 heteroatoms. The van der Waals surface area contributed by atoms with E-state index in [0.29, 0.717) is 17.6 Å². The van der Waals surface area contributed by atoms with Gasteiger partial charge in [0, 0.05) is 38.6 Å². The van der Waals surface area contributed by atoms with E-state index in [1.54, 1.807) is 24.7 Å². The monoisotopic (exact) mass is 444 g/mol. The summed E-state index contributed by atoms with van der Waals surface area (Å²) in [6.07, 6.45) is 6.94. The molecule has 0 amide bonds. The second kappa shape index (κ2) is 9.54. The fraction of sp³-hybridized carbons (Fsp3) is 0.360. The zero-order chi connectivity index (χ0) is 22.6. The van der Waals surface area contributed by atoms with Crippen LogP contribution in [0.1, 0.15) is 37.2 Å². The van der Waals surface area contributed by atoms with Gasteiger partial charge in [-0.2, -0.15) is 4.98 Å². The maximum atomic E-state index is 13.4. The molecule has 0 radical (unpaired) electrons. The summed E-state index contributed by atoms with van der Waals surface area (Å²) in [5.74, 6) is 1.53. The first-order chi connectivity index (χ1) is 16.2. The van der Waals surface area contributed by atoms with Crippen LogP contribution in [0.15, 0.2) is 70.3 Å². The van der Waals surface area contributed by atoms with Gasteiger partial charge < -0.3 is 9.32 Å². The summed E-state index contributed by atoms with van der Waals surface area (Å²) in [7, 11) is 0. The van der Waals surface area contributed by atoms with Gasteiger partial charge in [-0.15, -0.1) is 0 Å². The van der Waals surface area contributed by atoms with Gasteiger partial charge in [-0.05, 0) is 30.5 Å². The van der Waals surface area contributed by atoms with Crippen molar-refractivity contribution in [1.29, 1.82) is 0 Å². The van der Waals surface area contributed by atoms with Gasteiger partial charge in [0.25, 0.3) is 5.56 Å². The molecule has 0 saturated carbocycles. The van der Waals surface area contributed by atoms with E-state index in [9.17, 15) is 4.79 Å². The van der Waals surface area contributed by atoms with Crippen LogP contribution < -0.4 is 10.5 Å². The van der Waals surface area contributed by atoms with Crippen LogP contribution in [0.2, 0.25) is 0 Å². The van der Waals surface area contributed by atoms with Crippen LogP contribution in [-0.4, -0.2) is 50.6 Å². The third-order valence-electron chi connectivity index (χ3n) is 6.29. The predicted octanol–water partition coefficient (Wildman–Crippen LogP) is 3.49. The van der Waals surface area contributed by atoms with Crippen LogP contribution in [0, 0.1) is 0 Å². The summed E-state index contributed by atoms with van der Waals surface area (Å²) in [5.41, 5.74) is 1.43. The highest BCUT2D eigenvalue weighted by Gasteiger charge is 2.28. The van der Waals surface area contributed by atoms with Crippen LogP contribution in [0.5, 0.6) is 0 Å². The number of nitrogens with zero attached hydrogens (tertiary/aromatic N) is 6. The summed E-state index contributed by atoms with van der Waals surface area (Å²) < 4.78 is 7.38. The average molecular weight is 445 g/mol. The first kappa shape index (κ1) is 21.3. The summed E-state index contributed by atoms with van der Waals surface area (Å²) in [5, 5.41) is 0.521. The Morgan fingerprint density at radius 3 is 2.61 bits per heavy atom. The fourth-order valence-corrected chi connectivity index (χ4v) is 4.65. The van der Waals surface area contributed by atoms with Crippen molar-refractivity contribution >= 4 is 17.0 Å². The van der Waals surface area contributed by atoms with Crippen molar-refractivity contribution in [3.8, 4) is 0 Å². The summed E-state index contributed by atoms with van der Waals surface area (Å²) >= 11 is 0. The Bertz CT molecular complexity index is 1250. The van der Waals surface area contributed by atoms with Crippen molar-refractivity contribution in [1.82, 2.24) is 24.4 Å². The third-order valence-corrected chi connectivity index (χ3v) is 6.29. The molecule has 1 aromatic carbocycles. The van der Waals surface area contributed by atoms with Gasteiger partial charge in [0.05, 0.1) is 18.8 Å². The Labute approximate surface area is 192 Å². The number of anilines is 1. The Kier molecular flexibility index (Phi) is 6.17. The first-order valence-electron chi connectivity index (χ1n) is 11.5. The minimum atomic E-state index is -0.0554. The van der Waals surface area contributed by atoms with E-state index >= 15 is 0 Å². The van der Waals surface area contributed by atoms with Gasteiger partial charge in [0.2, 0.25) is 11.7 Å². The zero-order valence-electron chi connectivity index (χ0n) is 18.8. The molecule has 0 spiro atoms. The smallest absolute Gasteiger partial charge is 0.265 e. The van der Waals surface area contributed by atoms with E-state index < -0.39 is 0 Å². The molecule has 3 aromatic heterocycles. The topological polar surface area (TPSA) is 80.3 Å². The van der Waals surface area contributed by atoms with Crippen LogP contribution in [0.4, 0.5) is 5.95 Å². The van der Waals surface area contributed by atoms with E-state index in [1.807, 2.05) is 41.0 Å². The Morgan fingerprint density at radius 2 is 1.82 bits per heavy atom. The van der Waals surface area contributed by atoms with Gasteiger partial charge in [-0.3, -0.25) is 14.3 Å². The lowest BCUT2D eigenvalue weighted by Gasteiger charge is -2.31. The van der Waals surface area contributed by atoms with Crippen LogP contribution >= 0.6 is 0 Å². The molecule has 4 aromatic rings. The molecular formula is C25H28N6O2. The highest BCUT2D eigenvalue weighted by molar-refractivity contribution is 5.71. The standard InChI is InChI=1S/C25H28N6O2/c1-2-21(29-13-7-14-30(16-15-29)25-26-11-6-12-27-25)22-28-23-20(10-17-33-23)24(32)31(22)18-19-8-4-3-5-9-19/h3-6,8-12,17,21H,2,7,13-16,18H2,1H3. The van der Waals surface area contributed by atoms with E-state index in [0.717, 1.165) is 56.4 Å². The van der Waals surface area contributed by atoms with Gasteiger partial charge >= 0.3 is 0 Å². The number of hydrogen-bond donors (Lipinski definition) is 0. The molecule has 5 rings (SSSR count). The summed E-state index contributed by atoms with van der Waals surface area (Å²) in [4.78, 5) is 31.8. The first-order valence-corrected chi connectivity index (χ1v) is 11.5. The summed E-state index contributed by atoms with van der Waals surface area (Å²) in [6.45, 7) is 6.12. The zero-order valence-corrected chi connectivity index (χ0v) is 18.8. The highest BCUT2D eigenvalue weighted by Crippen LogP contribution is 2.26. The Morgan fingerprint density at radius 1 is 1.00 bits per heavy atom. The van der Waals surface area contributed by atoms with Crippen molar-refractivity contribution in [3.05, 3.63) is 82.9 Å². The third kappa shape index (κ3) is 4.39. The van der Waals surface area contributed by atoms with E-state index in [2.05, 4.69) is 26.7 Å². The quantitative estimate of drug-likeness (QED) is 0.450. The molecule has 1 unspecified atom stereocenters. The minimum Gasteiger partial charge on any atom is -0.446 e. The lowest BCUT2D eigenvalue weighted by atomic mass is 10.1. The van der Waals surface area contributed by atoms with Crippen molar-refractivity contribution in [3.63, 3.8) is 0 Å². The van der Waals surface area contributed by atoms with Crippen molar-refractivity contribution in [2.45, 2.75) is 32.4 Å². The van der Waals surface area contributed by atoms with E-state index in [1.165, 1.54) is 0 Å². The molecule has 0 aliphatic carbocycles. The normalized spacial score (nSPS) is 16.1. The number of aromatic nitrogens is 4. The molecule has 33 heavy (non-hydrogen) atoms. The Hall–Kier alpha value is -3.52. The molecule has 8 nitrogen and oxygen atoms in total. The summed E-state index contributed by atoms with van der Waals surface area (Å²) in [6, 6.07) is 13.6. The molecule has 4 heterocycles. The van der Waals surface area contributed by atoms with E-state index in [4.69, 9.17) is 9.40 Å². The van der Waals surface area contributed by atoms with Crippen molar-refractivity contribution in [2.75, 3.05) is 31.1 Å². The second-order valence-electron chi connectivity index (χ2n) is 8.34. The van der Waals surface area contributed by atoms with Gasteiger partial charge in [0.15, 0.2) is 0 Å². The van der Waals surface area contributed by atoms with Crippen molar-refractivity contribution in [2.24, 2.45) is 0 Å². The fourth-order valence-electron chi connectivity index (χ4n) is 4.65. The molecule has 1 fully saturated rings. The SMILES string of the molecule is CCC(c1nc2occc2c(=O)n1Cc1ccccc1)N1CCCN(c2ncccn2)CC1.